The third-order valence-electron chi connectivity index (χ3n) is 2.55. The third-order valence-corrected chi connectivity index (χ3v) is 3.34. The molecule has 106 valence electrons. The molecular weight excluding hydrogens is 357 g/mol. The number of nitrogens with one attached hydrogen (secondary N) is 1. The normalized spacial score (nSPS) is 11.4. The van der Waals surface area contributed by atoms with Crippen LogP contribution in [0.25, 0.3) is 0 Å². The maximum atomic E-state index is 12.9. The number of nitrogens with zero attached hydrogens (tertiary/aromatic N) is 1. The summed E-state index contributed by atoms with van der Waals surface area (Å²) < 4.78 is 39.5. The zero-order valence-corrected chi connectivity index (χ0v) is 12.4. The van der Waals surface area contributed by atoms with E-state index < -0.39 is 11.7 Å². The molecular formula is C13H9BrClF3N2. The van der Waals surface area contributed by atoms with Crippen LogP contribution >= 0.6 is 27.5 Å². The van der Waals surface area contributed by atoms with Crippen molar-refractivity contribution in [2.75, 3.05) is 5.32 Å². The second kappa shape index (κ2) is 6.01. The number of alkyl halides is 3. The molecule has 0 amide bonds. The summed E-state index contributed by atoms with van der Waals surface area (Å²) >= 11 is 9.07. The number of para-hydroxylation sites is 1. The van der Waals surface area contributed by atoms with Gasteiger partial charge in [-0.15, -0.1) is 0 Å². The van der Waals surface area contributed by atoms with Crippen LogP contribution in [0.5, 0.6) is 0 Å². The van der Waals surface area contributed by atoms with Crippen molar-refractivity contribution in [3.63, 3.8) is 0 Å². The molecule has 2 nitrogen and oxygen atoms in total. The number of hydrogen-bond acceptors (Lipinski definition) is 2. The molecule has 1 N–H and O–H groups in total. The average Bonchev–Trinajstić information content (AvgIpc) is 2.38. The predicted octanol–water partition coefficient (Wildman–Crippen LogP) is 5.13. The summed E-state index contributed by atoms with van der Waals surface area (Å²) in [5, 5.41) is 2.72. The van der Waals surface area contributed by atoms with Gasteiger partial charge in [-0.25, -0.2) is 0 Å². The highest BCUT2D eigenvalue weighted by Crippen LogP contribution is 2.38. The largest absolute Gasteiger partial charge is 0.418 e. The van der Waals surface area contributed by atoms with E-state index in [1.54, 1.807) is 18.3 Å². The minimum Gasteiger partial charge on any atom is -0.378 e. The van der Waals surface area contributed by atoms with Crippen LogP contribution in [-0.2, 0) is 12.7 Å². The van der Waals surface area contributed by atoms with E-state index in [9.17, 15) is 13.2 Å². The summed E-state index contributed by atoms with van der Waals surface area (Å²) in [4.78, 5) is 4.08. The topological polar surface area (TPSA) is 24.9 Å². The standard InChI is InChI=1S/C13H9BrClF3N2/c14-8-4-5-9(19-6-8)7-20-12-10(13(16,17)18)2-1-3-11(12)15/h1-6,20H,7H2. The van der Waals surface area contributed by atoms with Gasteiger partial charge in [0.05, 0.1) is 28.5 Å². The lowest BCUT2D eigenvalue weighted by molar-refractivity contribution is -0.136. The van der Waals surface area contributed by atoms with Gasteiger partial charge >= 0.3 is 6.18 Å². The highest BCUT2D eigenvalue weighted by atomic mass is 79.9. The van der Waals surface area contributed by atoms with Crippen molar-refractivity contribution >= 4 is 33.2 Å². The molecule has 7 heteroatoms. The van der Waals surface area contributed by atoms with Gasteiger partial charge in [-0.05, 0) is 40.2 Å². The monoisotopic (exact) mass is 364 g/mol. The second-order valence-electron chi connectivity index (χ2n) is 3.98. The van der Waals surface area contributed by atoms with E-state index in [2.05, 4.69) is 26.2 Å². The molecule has 0 fully saturated rings. The summed E-state index contributed by atoms with van der Waals surface area (Å²) in [6, 6.07) is 7.15. The number of benzene rings is 1. The Balaban J connectivity index is 2.23. The van der Waals surface area contributed by atoms with E-state index in [1.807, 2.05) is 0 Å². The lowest BCUT2D eigenvalue weighted by Crippen LogP contribution is -2.11. The molecule has 0 aliphatic carbocycles. The van der Waals surface area contributed by atoms with Crippen molar-refractivity contribution in [1.29, 1.82) is 0 Å². The summed E-state index contributed by atoms with van der Waals surface area (Å²) in [5.74, 6) is 0. The second-order valence-corrected chi connectivity index (χ2v) is 5.30. The quantitative estimate of drug-likeness (QED) is 0.816. The highest BCUT2D eigenvalue weighted by molar-refractivity contribution is 9.10. The van der Waals surface area contributed by atoms with Gasteiger partial charge in [0.15, 0.2) is 0 Å². The molecule has 1 aromatic carbocycles. The van der Waals surface area contributed by atoms with Crippen LogP contribution in [0.3, 0.4) is 0 Å². The molecule has 1 aromatic heterocycles. The van der Waals surface area contributed by atoms with E-state index >= 15 is 0 Å². The number of rotatable bonds is 3. The molecule has 2 aromatic rings. The van der Waals surface area contributed by atoms with Crippen molar-refractivity contribution in [3.8, 4) is 0 Å². The Morgan fingerprint density at radius 2 is 1.95 bits per heavy atom. The highest BCUT2D eigenvalue weighted by Gasteiger charge is 2.34. The van der Waals surface area contributed by atoms with Gasteiger partial charge in [-0.3, -0.25) is 4.98 Å². The summed E-state index contributed by atoms with van der Waals surface area (Å²) in [6.07, 6.45) is -2.88. The van der Waals surface area contributed by atoms with Crippen molar-refractivity contribution in [2.24, 2.45) is 0 Å². The zero-order valence-electron chi connectivity index (χ0n) is 10.0. The summed E-state index contributed by atoms with van der Waals surface area (Å²) in [7, 11) is 0. The van der Waals surface area contributed by atoms with Gasteiger partial charge in [0, 0.05) is 10.7 Å². The van der Waals surface area contributed by atoms with Gasteiger partial charge in [-0.1, -0.05) is 17.7 Å². The number of anilines is 1. The van der Waals surface area contributed by atoms with Crippen LogP contribution in [0, 0.1) is 0 Å². The third kappa shape index (κ3) is 3.64. The Bertz CT molecular complexity index is 600. The van der Waals surface area contributed by atoms with E-state index in [-0.39, 0.29) is 17.3 Å². The van der Waals surface area contributed by atoms with Gasteiger partial charge < -0.3 is 5.32 Å². The van der Waals surface area contributed by atoms with Crippen molar-refractivity contribution in [3.05, 3.63) is 57.3 Å². The first kappa shape index (κ1) is 15.1. The fourth-order valence-corrected chi connectivity index (χ4v) is 2.11. The maximum absolute atomic E-state index is 12.9. The van der Waals surface area contributed by atoms with Gasteiger partial charge in [0.2, 0.25) is 0 Å². The lowest BCUT2D eigenvalue weighted by Gasteiger charge is -2.15. The molecule has 1 heterocycles. The molecule has 0 aliphatic heterocycles. The molecule has 0 saturated heterocycles. The van der Waals surface area contributed by atoms with Gasteiger partial charge in [0.1, 0.15) is 0 Å². The number of pyridine rings is 1. The van der Waals surface area contributed by atoms with Crippen LogP contribution in [0.2, 0.25) is 5.02 Å². The first-order valence-electron chi connectivity index (χ1n) is 5.58. The van der Waals surface area contributed by atoms with E-state index in [4.69, 9.17) is 11.6 Å². The van der Waals surface area contributed by atoms with Crippen LogP contribution < -0.4 is 5.32 Å². The minimum absolute atomic E-state index is 0.0249. The Kier molecular flexibility index (Phi) is 4.55. The Hall–Kier alpha value is -1.27. The number of hydrogen-bond donors (Lipinski definition) is 1. The van der Waals surface area contributed by atoms with Crippen LogP contribution in [0.4, 0.5) is 18.9 Å². The van der Waals surface area contributed by atoms with E-state index in [0.717, 1.165) is 10.5 Å². The molecule has 0 atom stereocenters. The SMILES string of the molecule is FC(F)(F)c1cccc(Cl)c1NCc1ccc(Br)cn1. The molecule has 0 bridgehead atoms. The molecule has 0 spiro atoms. The fraction of sp³-hybridized carbons (Fsp3) is 0.154. The fourth-order valence-electron chi connectivity index (χ4n) is 1.63. The Labute approximate surface area is 127 Å². The van der Waals surface area contributed by atoms with E-state index in [0.29, 0.717) is 5.69 Å². The van der Waals surface area contributed by atoms with Crippen molar-refractivity contribution < 1.29 is 13.2 Å². The van der Waals surface area contributed by atoms with Crippen LogP contribution in [-0.4, -0.2) is 4.98 Å². The first-order chi connectivity index (χ1) is 9.38. The molecule has 20 heavy (non-hydrogen) atoms. The van der Waals surface area contributed by atoms with Gasteiger partial charge in [0.25, 0.3) is 0 Å². The van der Waals surface area contributed by atoms with E-state index in [1.165, 1.54) is 12.1 Å². The zero-order chi connectivity index (χ0) is 14.8. The molecule has 0 aliphatic rings. The Morgan fingerprint density at radius 1 is 1.20 bits per heavy atom. The number of halogens is 5. The smallest absolute Gasteiger partial charge is 0.378 e. The van der Waals surface area contributed by atoms with Crippen LogP contribution in [0.1, 0.15) is 11.3 Å². The van der Waals surface area contributed by atoms with Crippen molar-refractivity contribution in [2.45, 2.75) is 12.7 Å². The Morgan fingerprint density at radius 3 is 2.55 bits per heavy atom. The number of aromatic nitrogens is 1. The summed E-state index contributed by atoms with van der Waals surface area (Å²) in [5.41, 5.74) is -0.310. The molecule has 0 saturated carbocycles. The average molecular weight is 366 g/mol. The summed E-state index contributed by atoms with van der Waals surface area (Å²) in [6.45, 7) is 0.153. The van der Waals surface area contributed by atoms with Crippen LogP contribution in [0.15, 0.2) is 41.0 Å². The first-order valence-corrected chi connectivity index (χ1v) is 6.75. The van der Waals surface area contributed by atoms with Gasteiger partial charge in [-0.2, -0.15) is 13.2 Å². The maximum Gasteiger partial charge on any atom is 0.418 e. The molecule has 0 unspecified atom stereocenters. The lowest BCUT2D eigenvalue weighted by atomic mass is 10.1. The molecule has 0 radical (unpaired) electrons. The van der Waals surface area contributed by atoms with Crippen molar-refractivity contribution in [1.82, 2.24) is 4.98 Å². The predicted molar refractivity (Wildman–Crippen MR) is 75.7 cm³/mol. The molecule has 2 rings (SSSR count). The minimum atomic E-state index is -4.46.